The fraction of sp³-hybridized carbons (Fsp3) is 0.240. The number of benzene rings is 3. The molecule has 3 aromatic rings. The van der Waals surface area contributed by atoms with Gasteiger partial charge in [-0.25, -0.2) is 12.8 Å². The molecule has 2 atom stereocenters. The SMILES string of the molecule is CC1CCC(c2ccccc2)S(=O)(=O)N1Cc1ccc(-c2ccc(C#N)cc2)cc1F. The van der Waals surface area contributed by atoms with Crippen LogP contribution < -0.4 is 0 Å². The molecule has 0 bridgehead atoms. The van der Waals surface area contributed by atoms with E-state index in [4.69, 9.17) is 5.26 Å². The minimum absolute atomic E-state index is 0.00627. The van der Waals surface area contributed by atoms with Crippen molar-refractivity contribution >= 4 is 10.0 Å². The lowest BCUT2D eigenvalue weighted by molar-refractivity contribution is 0.279. The van der Waals surface area contributed by atoms with Crippen LogP contribution in [0.1, 0.15) is 41.7 Å². The monoisotopic (exact) mass is 434 g/mol. The molecule has 0 aliphatic carbocycles. The molecular weight excluding hydrogens is 411 g/mol. The summed E-state index contributed by atoms with van der Waals surface area (Å²) in [5, 5.41) is 8.32. The highest BCUT2D eigenvalue weighted by atomic mass is 32.2. The van der Waals surface area contributed by atoms with Crippen LogP contribution in [-0.2, 0) is 16.6 Å². The predicted octanol–water partition coefficient (Wildman–Crippen LogP) is 5.42. The molecule has 3 aromatic carbocycles. The molecule has 1 aliphatic rings. The number of nitrogens with zero attached hydrogens (tertiary/aromatic N) is 2. The largest absolute Gasteiger partial charge is 0.221 e. The van der Waals surface area contributed by atoms with Gasteiger partial charge in [-0.2, -0.15) is 9.57 Å². The van der Waals surface area contributed by atoms with Crippen LogP contribution in [0.15, 0.2) is 72.8 Å². The van der Waals surface area contributed by atoms with E-state index in [0.29, 0.717) is 23.1 Å². The van der Waals surface area contributed by atoms with Crippen LogP contribution in [0.4, 0.5) is 4.39 Å². The highest BCUT2D eigenvalue weighted by Gasteiger charge is 2.40. The molecule has 1 aliphatic heterocycles. The maximum Gasteiger partial charge on any atom is 0.221 e. The van der Waals surface area contributed by atoms with Crippen LogP contribution in [0, 0.1) is 17.1 Å². The number of nitriles is 1. The Morgan fingerprint density at radius 2 is 1.68 bits per heavy atom. The maximum atomic E-state index is 15.0. The van der Waals surface area contributed by atoms with Gasteiger partial charge in [0, 0.05) is 18.2 Å². The van der Waals surface area contributed by atoms with Crippen LogP contribution in [-0.4, -0.2) is 18.8 Å². The molecule has 6 heteroatoms. The Morgan fingerprint density at radius 1 is 1.00 bits per heavy atom. The lowest BCUT2D eigenvalue weighted by atomic mass is 10.0. The molecule has 4 rings (SSSR count). The second-order valence-corrected chi connectivity index (χ2v) is 9.98. The molecule has 31 heavy (non-hydrogen) atoms. The Balaban J connectivity index is 1.60. The van der Waals surface area contributed by atoms with E-state index in [1.165, 1.54) is 10.4 Å². The van der Waals surface area contributed by atoms with Crippen molar-refractivity contribution in [1.82, 2.24) is 4.31 Å². The fourth-order valence-electron chi connectivity index (χ4n) is 4.11. The van der Waals surface area contributed by atoms with Crippen molar-refractivity contribution in [2.24, 2.45) is 0 Å². The Hall–Kier alpha value is -3.01. The average molecular weight is 435 g/mol. The zero-order chi connectivity index (χ0) is 22.0. The molecule has 0 N–H and O–H groups in total. The molecule has 0 spiro atoms. The van der Waals surface area contributed by atoms with Crippen molar-refractivity contribution in [3.05, 3.63) is 95.3 Å². The second kappa shape index (κ2) is 8.62. The Bertz CT molecular complexity index is 1220. The van der Waals surface area contributed by atoms with Crippen molar-refractivity contribution in [2.45, 2.75) is 37.6 Å². The third-order valence-corrected chi connectivity index (χ3v) is 8.29. The fourth-order valence-corrected chi connectivity index (χ4v) is 6.30. The van der Waals surface area contributed by atoms with Crippen molar-refractivity contribution in [2.75, 3.05) is 0 Å². The summed E-state index contributed by atoms with van der Waals surface area (Å²) in [7, 11) is -3.62. The first-order valence-electron chi connectivity index (χ1n) is 10.2. The zero-order valence-corrected chi connectivity index (χ0v) is 18.0. The van der Waals surface area contributed by atoms with Gasteiger partial charge < -0.3 is 0 Å². The van der Waals surface area contributed by atoms with Gasteiger partial charge in [0.05, 0.1) is 11.6 Å². The number of halogens is 1. The number of sulfonamides is 1. The maximum absolute atomic E-state index is 15.0. The Kier molecular flexibility index (Phi) is 5.90. The topological polar surface area (TPSA) is 61.2 Å². The average Bonchev–Trinajstić information content (AvgIpc) is 2.78. The number of hydrogen-bond acceptors (Lipinski definition) is 3. The zero-order valence-electron chi connectivity index (χ0n) is 17.2. The molecule has 2 unspecified atom stereocenters. The Morgan fingerprint density at radius 3 is 2.32 bits per heavy atom. The molecule has 0 aromatic heterocycles. The van der Waals surface area contributed by atoms with Crippen LogP contribution in [0.25, 0.3) is 11.1 Å². The summed E-state index contributed by atoms with van der Waals surface area (Å²) >= 11 is 0. The van der Waals surface area contributed by atoms with Crippen molar-refractivity contribution < 1.29 is 12.8 Å². The molecular formula is C25H23FN2O2S. The third-order valence-electron chi connectivity index (χ3n) is 5.92. The van der Waals surface area contributed by atoms with Gasteiger partial charge in [0.15, 0.2) is 0 Å². The summed E-state index contributed by atoms with van der Waals surface area (Å²) in [5.74, 6) is -0.439. The van der Waals surface area contributed by atoms with E-state index in [2.05, 4.69) is 6.07 Å². The van der Waals surface area contributed by atoms with E-state index >= 15 is 0 Å². The van der Waals surface area contributed by atoms with Gasteiger partial charge in [-0.05, 0) is 54.7 Å². The standard InChI is InChI=1S/C25H23FN2O2S/c1-18-7-14-25(21-5-3-2-4-6-21)31(29,30)28(18)17-23-13-12-22(15-24(23)26)20-10-8-19(16-27)9-11-20/h2-6,8-13,15,18,25H,7,14,17H2,1H3. The lowest BCUT2D eigenvalue weighted by Gasteiger charge is -2.37. The highest BCUT2D eigenvalue weighted by Crippen LogP contribution is 2.38. The molecule has 0 radical (unpaired) electrons. The van der Waals surface area contributed by atoms with E-state index in [1.54, 1.807) is 36.4 Å². The molecule has 158 valence electrons. The summed E-state index contributed by atoms with van der Waals surface area (Å²) in [5.41, 5.74) is 3.14. The van der Waals surface area contributed by atoms with Gasteiger partial charge >= 0.3 is 0 Å². The quantitative estimate of drug-likeness (QED) is 0.551. The van der Waals surface area contributed by atoms with Crippen LogP contribution in [0.5, 0.6) is 0 Å². The molecule has 4 nitrogen and oxygen atoms in total. The number of hydrogen-bond donors (Lipinski definition) is 0. The van der Waals surface area contributed by atoms with Gasteiger partial charge in [-0.1, -0.05) is 54.6 Å². The summed E-state index contributed by atoms with van der Waals surface area (Å²) in [6, 6.07) is 22.9. The molecule has 1 heterocycles. The smallest absolute Gasteiger partial charge is 0.212 e. The minimum atomic E-state index is -3.62. The van der Waals surface area contributed by atoms with Crippen LogP contribution in [0.3, 0.4) is 0 Å². The van der Waals surface area contributed by atoms with E-state index < -0.39 is 21.1 Å². The highest BCUT2D eigenvalue weighted by molar-refractivity contribution is 7.89. The van der Waals surface area contributed by atoms with E-state index in [-0.39, 0.29) is 12.6 Å². The van der Waals surface area contributed by atoms with Crippen LogP contribution >= 0.6 is 0 Å². The Labute approximate surface area is 182 Å². The van der Waals surface area contributed by atoms with Crippen LogP contribution in [0.2, 0.25) is 0 Å². The van der Waals surface area contributed by atoms with Gasteiger partial charge in [0.2, 0.25) is 10.0 Å². The third kappa shape index (κ3) is 4.25. The second-order valence-electron chi connectivity index (χ2n) is 7.91. The first-order chi connectivity index (χ1) is 14.9. The first kappa shape index (κ1) is 21.2. The van der Waals surface area contributed by atoms with E-state index in [0.717, 1.165) is 17.5 Å². The summed E-state index contributed by atoms with van der Waals surface area (Å²) < 4.78 is 43.1. The van der Waals surface area contributed by atoms with Crippen molar-refractivity contribution in [3.63, 3.8) is 0 Å². The molecule has 1 saturated heterocycles. The summed E-state index contributed by atoms with van der Waals surface area (Å²) in [6.07, 6.45) is 1.29. The minimum Gasteiger partial charge on any atom is -0.212 e. The van der Waals surface area contributed by atoms with E-state index in [1.807, 2.05) is 37.3 Å². The molecule has 0 amide bonds. The summed E-state index contributed by atoms with van der Waals surface area (Å²) in [4.78, 5) is 0. The molecule has 0 saturated carbocycles. The predicted molar refractivity (Wildman–Crippen MR) is 119 cm³/mol. The number of rotatable bonds is 4. The van der Waals surface area contributed by atoms with Gasteiger partial charge in [0.1, 0.15) is 11.1 Å². The van der Waals surface area contributed by atoms with Gasteiger partial charge in [-0.3, -0.25) is 0 Å². The first-order valence-corrected chi connectivity index (χ1v) is 11.7. The van der Waals surface area contributed by atoms with E-state index in [9.17, 15) is 12.8 Å². The molecule has 1 fully saturated rings. The normalized spacial score (nSPS) is 20.8. The van der Waals surface area contributed by atoms with Crippen molar-refractivity contribution in [3.8, 4) is 17.2 Å². The lowest BCUT2D eigenvalue weighted by Crippen LogP contribution is -2.44. The van der Waals surface area contributed by atoms with Crippen molar-refractivity contribution in [1.29, 1.82) is 5.26 Å². The van der Waals surface area contributed by atoms with Gasteiger partial charge in [-0.15, -0.1) is 0 Å². The summed E-state index contributed by atoms with van der Waals surface area (Å²) in [6.45, 7) is 1.88. The van der Waals surface area contributed by atoms with Gasteiger partial charge in [0.25, 0.3) is 0 Å².